The smallest absolute Gasteiger partial charge is 0.243 e. The van der Waals surface area contributed by atoms with Gasteiger partial charge < -0.3 is 5.73 Å². The van der Waals surface area contributed by atoms with Crippen LogP contribution in [0.4, 0.5) is 0 Å². The van der Waals surface area contributed by atoms with Gasteiger partial charge in [-0.3, -0.25) is 0 Å². The monoisotopic (exact) mass is 330 g/mol. The quantitative estimate of drug-likeness (QED) is 0.795. The molecule has 0 fully saturated rings. The Balaban J connectivity index is 3.28. The summed E-state index contributed by atoms with van der Waals surface area (Å²) in [5.41, 5.74) is 7.34. The van der Waals surface area contributed by atoms with Crippen molar-refractivity contribution in [3.8, 4) is 0 Å². The number of aryl methyl sites for hydroxylation is 1. The Morgan fingerprint density at radius 1 is 1.33 bits per heavy atom. The predicted molar refractivity (Wildman–Crippen MR) is 91.1 cm³/mol. The van der Waals surface area contributed by atoms with Gasteiger partial charge in [0.1, 0.15) is 0 Å². The van der Waals surface area contributed by atoms with Crippen LogP contribution in [-0.4, -0.2) is 37.8 Å². The summed E-state index contributed by atoms with van der Waals surface area (Å²) in [6, 6.07) is 5.50. The van der Waals surface area contributed by atoms with Gasteiger partial charge in [-0.05, 0) is 36.3 Å². The molecule has 1 aromatic rings. The molecule has 0 amide bonds. The number of nitrogens with zero attached hydrogens (tertiary/aromatic N) is 1. The molecule has 1 unspecified atom stereocenters. The molecule has 0 aliphatic carbocycles. The van der Waals surface area contributed by atoms with Gasteiger partial charge in [0.15, 0.2) is 0 Å². The average molecular weight is 331 g/mol. The van der Waals surface area contributed by atoms with E-state index in [1.165, 1.54) is 4.31 Å². The summed E-state index contributed by atoms with van der Waals surface area (Å²) in [6.45, 7) is 4.33. The van der Waals surface area contributed by atoms with Crippen molar-refractivity contribution in [1.29, 1.82) is 0 Å². The first-order valence-electron chi connectivity index (χ1n) is 7.21. The first-order chi connectivity index (χ1) is 9.92. The summed E-state index contributed by atoms with van der Waals surface area (Å²) in [5.74, 6) is 0.796. The zero-order valence-corrected chi connectivity index (χ0v) is 14.9. The molecule has 1 atom stereocenters. The molecule has 2 N–H and O–H groups in total. The van der Waals surface area contributed by atoms with Crippen LogP contribution >= 0.6 is 11.8 Å². The summed E-state index contributed by atoms with van der Waals surface area (Å²) in [7, 11) is -1.81. The van der Waals surface area contributed by atoms with Gasteiger partial charge in [-0.15, -0.1) is 0 Å². The maximum atomic E-state index is 12.9. The molecule has 21 heavy (non-hydrogen) atoms. The fourth-order valence-electron chi connectivity index (χ4n) is 2.28. The minimum absolute atomic E-state index is 0.0104. The predicted octanol–water partition coefficient (Wildman–Crippen LogP) is 2.47. The van der Waals surface area contributed by atoms with Gasteiger partial charge in [-0.1, -0.05) is 26.0 Å². The summed E-state index contributed by atoms with van der Waals surface area (Å²) in [4.78, 5) is 0.398. The Hall–Kier alpha value is -0.560. The highest BCUT2D eigenvalue weighted by Crippen LogP contribution is 2.24. The second-order valence-electron chi connectivity index (χ2n) is 5.04. The molecule has 0 bridgehead atoms. The zero-order chi connectivity index (χ0) is 16.0. The largest absolute Gasteiger partial charge is 0.326 e. The van der Waals surface area contributed by atoms with Crippen molar-refractivity contribution >= 4 is 21.8 Å². The number of hydrogen-bond donors (Lipinski definition) is 1. The second-order valence-corrected chi connectivity index (χ2v) is 7.92. The Morgan fingerprint density at radius 3 is 2.48 bits per heavy atom. The molecule has 0 saturated heterocycles. The lowest BCUT2D eigenvalue weighted by Gasteiger charge is -2.27. The Bertz CT molecular complexity index is 559. The molecule has 4 nitrogen and oxygen atoms in total. The van der Waals surface area contributed by atoms with E-state index in [2.05, 4.69) is 0 Å². The summed E-state index contributed by atoms with van der Waals surface area (Å²) >= 11 is 1.67. The van der Waals surface area contributed by atoms with Crippen molar-refractivity contribution < 1.29 is 8.42 Å². The number of thioether (sulfide) groups is 1. The van der Waals surface area contributed by atoms with Crippen LogP contribution in [0.3, 0.4) is 0 Å². The molecule has 0 heterocycles. The first-order valence-corrected chi connectivity index (χ1v) is 10.0. The average Bonchev–Trinajstić information content (AvgIpc) is 2.51. The van der Waals surface area contributed by atoms with Crippen LogP contribution in [0, 0.1) is 0 Å². The third-order valence-electron chi connectivity index (χ3n) is 3.75. The normalized spacial score (nSPS) is 13.6. The fraction of sp³-hybridized carbons (Fsp3) is 0.600. The topological polar surface area (TPSA) is 63.4 Å². The van der Waals surface area contributed by atoms with Crippen LogP contribution in [0.15, 0.2) is 23.1 Å². The van der Waals surface area contributed by atoms with Gasteiger partial charge in [-0.25, -0.2) is 8.42 Å². The first kappa shape index (κ1) is 18.5. The van der Waals surface area contributed by atoms with Crippen molar-refractivity contribution in [2.75, 3.05) is 19.1 Å². The third kappa shape index (κ3) is 4.22. The van der Waals surface area contributed by atoms with Crippen LogP contribution in [-0.2, 0) is 23.0 Å². The molecule has 6 heteroatoms. The van der Waals surface area contributed by atoms with E-state index in [0.29, 0.717) is 17.9 Å². The second kappa shape index (κ2) is 8.17. The molecule has 0 aliphatic heterocycles. The molecule has 0 spiro atoms. The highest BCUT2D eigenvalue weighted by Gasteiger charge is 2.28. The van der Waals surface area contributed by atoms with Crippen LogP contribution in [0.5, 0.6) is 0 Å². The number of benzene rings is 1. The SMILES string of the molecule is CCc1ccc(CN)cc1S(=O)(=O)N(C)C(CC)CSC. The van der Waals surface area contributed by atoms with E-state index in [0.717, 1.165) is 23.3 Å². The lowest BCUT2D eigenvalue weighted by atomic mass is 10.1. The number of rotatable bonds is 8. The molecule has 120 valence electrons. The van der Waals surface area contributed by atoms with E-state index in [1.807, 2.05) is 32.2 Å². The van der Waals surface area contributed by atoms with Gasteiger partial charge >= 0.3 is 0 Å². The van der Waals surface area contributed by atoms with E-state index in [9.17, 15) is 8.42 Å². The lowest BCUT2D eigenvalue weighted by molar-refractivity contribution is 0.385. The number of hydrogen-bond acceptors (Lipinski definition) is 4. The Kier molecular flexibility index (Phi) is 7.20. The summed E-state index contributed by atoms with van der Waals surface area (Å²) in [6.07, 6.45) is 3.48. The molecule has 0 aromatic heterocycles. The van der Waals surface area contributed by atoms with Gasteiger partial charge in [0, 0.05) is 25.4 Å². The molecular formula is C15H26N2O2S2. The van der Waals surface area contributed by atoms with Gasteiger partial charge in [0.25, 0.3) is 0 Å². The molecular weight excluding hydrogens is 304 g/mol. The zero-order valence-electron chi connectivity index (χ0n) is 13.3. The van der Waals surface area contributed by atoms with E-state index in [4.69, 9.17) is 5.73 Å². The van der Waals surface area contributed by atoms with Crippen molar-refractivity contribution in [2.45, 2.75) is 44.2 Å². The van der Waals surface area contributed by atoms with Crippen LogP contribution in [0.25, 0.3) is 0 Å². The summed E-state index contributed by atoms with van der Waals surface area (Å²) < 4.78 is 27.4. The lowest BCUT2D eigenvalue weighted by Crippen LogP contribution is -2.38. The van der Waals surface area contributed by atoms with Crippen molar-refractivity contribution in [1.82, 2.24) is 4.31 Å². The van der Waals surface area contributed by atoms with E-state index in [1.54, 1.807) is 24.9 Å². The van der Waals surface area contributed by atoms with Crippen LogP contribution in [0.1, 0.15) is 31.4 Å². The fourth-order valence-corrected chi connectivity index (χ4v) is 4.99. The minimum atomic E-state index is -3.48. The standard InChI is InChI=1S/C15H26N2O2S2/c1-5-13-8-7-12(10-16)9-15(13)21(18,19)17(3)14(6-2)11-20-4/h7-9,14H,5-6,10-11,16H2,1-4H3. The molecule has 0 saturated carbocycles. The highest BCUT2D eigenvalue weighted by atomic mass is 32.2. The van der Waals surface area contributed by atoms with E-state index >= 15 is 0 Å². The van der Waals surface area contributed by atoms with Crippen molar-refractivity contribution in [3.05, 3.63) is 29.3 Å². The Labute approximate surface area is 133 Å². The Morgan fingerprint density at radius 2 is 2.00 bits per heavy atom. The molecule has 1 aromatic carbocycles. The van der Waals surface area contributed by atoms with Crippen LogP contribution < -0.4 is 5.73 Å². The van der Waals surface area contributed by atoms with Gasteiger partial charge in [-0.2, -0.15) is 16.1 Å². The minimum Gasteiger partial charge on any atom is -0.326 e. The number of nitrogens with two attached hydrogens (primary N) is 1. The van der Waals surface area contributed by atoms with Crippen molar-refractivity contribution in [2.24, 2.45) is 5.73 Å². The van der Waals surface area contributed by atoms with Crippen LogP contribution in [0.2, 0.25) is 0 Å². The maximum absolute atomic E-state index is 12.9. The van der Waals surface area contributed by atoms with Gasteiger partial charge in [0.05, 0.1) is 4.90 Å². The van der Waals surface area contributed by atoms with E-state index in [-0.39, 0.29) is 6.04 Å². The molecule has 0 aliphatic rings. The van der Waals surface area contributed by atoms with Crippen molar-refractivity contribution in [3.63, 3.8) is 0 Å². The molecule has 1 rings (SSSR count). The van der Waals surface area contributed by atoms with E-state index < -0.39 is 10.0 Å². The van der Waals surface area contributed by atoms with Gasteiger partial charge in [0.2, 0.25) is 10.0 Å². The highest BCUT2D eigenvalue weighted by molar-refractivity contribution is 7.98. The summed E-state index contributed by atoms with van der Waals surface area (Å²) in [5, 5.41) is 0. The maximum Gasteiger partial charge on any atom is 0.243 e. The third-order valence-corrected chi connectivity index (χ3v) is 6.46. The molecule has 0 radical (unpaired) electrons. The number of sulfonamides is 1.